The molecule has 2 nitrogen and oxygen atoms in total. The number of nitrogens with zero attached hydrogens (tertiary/aromatic N) is 1. The molecular formula is C15H20ClFN2. The van der Waals surface area contributed by atoms with Gasteiger partial charge in [0.15, 0.2) is 0 Å². The summed E-state index contributed by atoms with van der Waals surface area (Å²) in [5.74, 6) is 0.603. The van der Waals surface area contributed by atoms with Crippen LogP contribution in [0.2, 0.25) is 5.02 Å². The van der Waals surface area contributed by atoms with Crippen LogP contribution in [0.25, 0.3) is 0 Å². The molecule has 3 rings (SSSR count). The van der Waals surface area contributed by atoms with Crippen LogP contribution in [0.5, 0.6) is 0 Å². The second kappa shape index (κ2) is 5.78. The first-order chi connectivity index (χ1) is 9.22. The lowest BCUT2D eigenvalue weighted by atomic mass is 10.1. The molecule has 1 aromatic rings. The van der Waals surface area contributed by atoms with Crippen LogP contribution in [0.3, 0.4) is 0 Å². The molecule has 1 atom stereocenters. The van der Waals surface area contributed by atoms with Crippen molar-refractivity contribution in [3.8, 4) is 0 Å². The molecule has 0 amide bonds. The van der Waals surface area contributed by atoms with E-state index in [1.165, 1.54) is 31.4 Å². The van der Waals surface area contributed by atoms with Crippen molar-refractivity contribution in [2.24, 2.45) is 5.92 Å². The van der Waals surface area contributed by atoms with Gasteiger partial charge in [-0.25, -0.2) is 4.39 Å². The van der Waals surface area contributed by atoms with Crippen molar-refractivity contribution in [2.45, 2.75) is 31.8 Å². The first kappa shape index (κ1) is 13.3. The van der Waals surface area contributed by atoms with Crippen LogP contribution < -0.4 is 5.32 Å². The fourth-order valence-corrected chi connectivity index (χ4v) is 3.10. The van der Waals surface area contributed by atoms with E-state index in [4.69, 9.17) is 11.6 Å². The Morgan fingerprint density at radius 2 is 2.21 bits per heavy atom. The molecule has 0 spiro atoms. The van der Waals surface area contributed by atoms with E-state index in [9.17, 15) is 4.39 Å². The van der Waals surface area contributed by atoms with Crippen LogP contribution in [0, 0.1) is 11.7 Å². The van der Waals surface area contributed by atoms with Gasteiger partial charge < -0.3 is 5.32 Å². The maximum Gasteiger partial charge on any atom is 0.124 e. The van der Waals surface area contributed by atoms with E-state index in [1.54, 1.807) is 0 Å². The van der Waals surface area contributed by atoms with Gasteiger partial charge in [0.25, 0.3) is 0 Å². The summed E-state index contributed by atoms with van der Waals surface area (Å²) in [6, 6.07) is 5.34. The van der Waals surface area contributed by atoms with Gasteiger partial charge in [0, 0.05) is 24.2 Å². The van der Waals surface area contributed by atoms with Crippen molar-refractivity contribution in [1.29, 1.82) is 0 Å². The molecule has 0 bridgehead atoms. The lowest BCUT2D eigenvalue weighted by Gasteiger charge is -2.24. The van der Waals surface area contributed by atoms with E-state index in [0.29, 0.717) is 11.1 Å². The first-order valence-electron chi connectivity index (χ1n) is 7.12. The molecule has 4 heteroatoms. The van der Waals surface area contributed by atoms with Gasteiger partial charge in [0.1, 0.15) is 5.82 Å². The predicted molar refractivity (Wildman–Crippen MR) is 75.8 cm³/mol. The Balaban J connectivity index is 1.66. The van der Waals surface area contributed by atoms with Gasteiger partial charge in [-0.1, -0.05) is 17.7 Å². The second-order valence-electron chi connectivity index (χ2n) is 5.72. The molecule has 19 heavy (non-hydrogen) atoms. The molecule has 2 fully saturated rings. The van der Waals surface area contributed by atoms with Gasteiger partial charge in [0.05, 0.1) is 0 Å². The van der Waals surface area contributed by atoms with Crippen LogP contribution in [0.1, 0.15) is 24.8 Å². The van der Waals surface area contributed by atoms with Crippen molar-refractivity contribution in [1.82, 2.24) is 10.2 Å². The van der Waals surface area contributed by atoms with E-state index < -0.39 is 0 Å². The molecule has 1 aliphatic carbocycles. The Morgan fingerprint density at radius 1 is 1.37 bits per heavy atom. The van der Waals surface area contributed by atoms with Gasteiger partial charge in [-0.05, 0) is 56.0 Å². The van der Waals surface area contributed by atoms with Gasteiger partial charge >= 0.3 is 0 Å². The third-order valence-corrected chi connectivity index (χ3v) is 4.46. The summed E-state index contributed by atoms with van der Waals surface area (Å²) >= 11 is 6.12. The Bertz CT molecular complexity index is 448. The maximum absolute atomic E-state index is 13.1. The lowest BCUT2D eigenvalue weighted by molar-refractivity contribution is 0.251. The molecule has 1 saturated heterocycles. The van der Waals surface area contributed by atoms with E-state index >= 15 is 0 Å². The predicted octanol–water partition coefficient (Wildman–Crippen LogP) is 3.05. The molecule has 1 aliphatic heterocycles. The summed E-state index contributed by atoms with van der Waals surface area (Å²) in [5, 5.41) is 4.19. The van der Waals surface area contributed by atoms with Crippen molar-refractivity contribution < 1.29 is 4.39 Å². The zero-order valence-electron chi connectivity index (χ0n) is 11.0. The molecule has 1 heterocycles. The molecule has 0 aromatic heterocycles. The average molecular weight is 283 g/mol. The molecule has 1 unspecified atom stereocenters. The molecule has 1 aromatic carbocycles. The number of rotatable bonds is 3. The summed E-state index contributed by atoms with van der Waals surface area (Å²) in [5.41, 5.74) is 1.03. The van der Waals surface area contributed by atoms with E-state index in [-0.39, 0.29) is 5.82 Å². The third-order valence-electron chi connectivity index (χ3n) is 4.11. The largest absolute Gasteiger partial charge is 0.312 e. The van der Waals surface area contributed by atoms with Crippen molar-refractivity contribution in [3.05, 3.63) is 34.6 Å². The smallest absolute Gasteiger partial charge is 0.124 e. The molecule has 2 aliphatic rings. The summed E-state index contributed by atoms with van der Waals surface area (Å²) in [7, 11) is 0. The van der Waals surface area contributed by atoms with Crippen LogP contribution in [0.15, 0.2) is 18.2 Å². The Hall–Kier alpha value is -0.640. The monoisotopic (exact) mass is 282 g/mol. The fourth-order valence-electron chi connectivity index (χ4n) is 2.87. The van der Waals surface area contributed by atoms with Crippen LogP contribution >= 0.6 is 11.6 Å². The minimum absolute atomic E-state index is 0.262. The highest BCUT2D eigenvalue weighted by Gasteiger charge is 2.33. The highest BCUT2D eigenvalue weighted by atomic mass is 35.5. The Labute approximate surface area is 118 Å². The standard InChI is InChI=1S/C15H20ClFN2/c16-14-8-13(17)5-4-12(14)9-19-7-1-6-18-15(10-19)11-2-3-11/h4-5,8,11,15,18H,1-3,6-7,9-10H2. The molecule has 104 valence electrons. The SMILES string of the molecule is Fc1ccc(CN2CCCNC(C3CC3)C2)c(Cl)c1. The first-order valence-corrected chi connectivity index (χ1v) is 7.50. The van der Waals surface area contributed by atoms with Gasteiger partial charge in [0.2, 0.25) is 0 Å². The Morgan fingerprint density at radius 3 is 2.95 bits per heavy atom. The molecular weight excluding hydrogens is 263 g/mol. The number of halogens is 2. The highest BCUT2D eigenvalue weighted by molar-refractivity contribution is 6.31. The van der Waals surface area contributed by atoms with E-state index in [1.807, 2.05) is 6.07 Å². The van der Waals surface area contributed by atoms with Crippen molar-refractivity contribution in [3.63, 3.8) is 0 Å². The normalized spacial score (nSPS) is 25.3. The van der Waals surface area contributed by atoms with Crippen LogP contribution in [0.4, 0.5) is 4.39 Å². The van der Waals surface area contributed by atoms with Gasteiger partial charge in [-0.2, -0.15) is 0 Å². The Kier molecular flexibility index (Phi) is 4.06. The van der Waals surface area contributed by atoms with Crippen molar-refractivity contribution in [2.75, 3.05) is 19.6 Å². The molecule has 1 N–H and O–H groups in total. The average Bonchev–Trinajstić information content (AvgIpc) is 3.19. The minimum atomic E-state index is -0.262. The summed E-state index contributed by atoms with van der Waals surface area (Å²) in [6.07, 6.45) is 3.90. The number of nitrogens with one attached hydrogen (secondary N) is 1. The van der Waals surface area contributed by atoms with Crippen LogP contribution in [-0.4, -0.2) is 30.6 Å². The third kappa shape index (κ3) is 3.47. The lowest BCUT2D eigenvalue weighted by Crippen LogP contribution is -2.39. The molecule has 1 saturated carbocycles. The summed E-state index contributed by atoms with van der Waals surface area (Å²) < 4.78 is 13.1. The number of hydrogen-bond donors (Lipinski definition) is 1. The number of hydrogen-bond acceptors (Lipinski definition) is 2. The minimum Gasteiger partial charge on any atom is -0.312 e. The van der Waals surface area contributed by atoms with Gasteiger partial charge in [-0.15, -0.1) is 0 Å². The van der Waals surface area contributed by atoms with Gasteiger partial charge in [-0.3, -0.25) is 4.90 Å². The number of benzene rings is 1. The van der Waals surface area contributed by atoms with Crippen LogP contribution in [-0.2, 0) is 6.54 Å². The molecule has 0 radical (unpaired) electrons. The zero-order chi connectivity index (χ0) is 13.2. The topological polar surface area (TPSA) is 15.3 Å². The fraction of sp³-hybridized carbons (Fsp3) is 0.600. The van der Waals surface area contributed by atoms with Crippen molar-refractivity contribution >= 4 is 11.6 Å². The maximum atomic E-state index is 13.1. The highest BCUT2D eigenvalue weighted by Crippen LogP contribution is 2.33. The quantitative estimate of drug-likeness (QED) is 0.917. The zero-order valence-corrected chi connectivity index (χ0v) is 11.8. The second-order valence-corrected chi connectivity index (χ2v) is 6.13. The summed E-state index contributed by atoms with van der Waals surface area (Å²) in [6.45, 7) is 4.10. The summed E-state index contributed by atoms with van der Waals surface area (Å²) in [4.78, 5) is 2.45. The van der Waals surface area contributed by atoms with E-state index in [0.717, 1.165) is 37.7 Å². The van der Waals surface area contributed by atoms with E-state index in [2.05, 4.69) is 10.2 Å².